The van der Waals surface area contributed by atoms with Crippen LogP contribution in [-0.4, -0.2) is 38.8 Å². The summed E-state index contributed by atoms with van der Waals surface area (Å²) in [5, 5.41) is 0. The monoisotopic (exact) mass is 417 g/mol. The third-order valence-corrected chi connectivity index (χ3v) is 3.04. The van der Waals surface area contributed by atoms with Gasteiger partial charge in [-0.25, -0.2) is 33.5 Å². The van der Waals surface area contributed by atoms with E-state index in [4.69, 9.17) is 5.73 Å². The van der Waals surface area contributed by atoms with Crippen molar-refractivity contribution in [2.45, 2.75) is 12.8 Å². The maximum atomic E-state index is 13.0. The molecule has 0 fully saturated rings. The zero-order valence-electron chi connectivity index (χ0n) is 12.0. The Bertz CT molecular complexity index is 826. The molecule has 1 amide bonds. The van der Waals surface area contributed by atoms with Gasteiger partial charge in [0.05, 0.1) is 5.56 Å². The number of carbonyl (C=O) groups excluding carboxylic acids is 1. The highest BCUT2D eigenvalue weighted by molar-refractivity contribution is 9.10. The first-order chi connectivity index (χ1) is 11.9. The summed E-state index contributed by atoms with van der Waals surface area (Å²) >= 11 is 3.00. The van der Waals surface area contributed by atoms with Crippen LogP contribution in [-0.2, 0) is 0 Å². The number of hydrogen-bond acceptors (Lipinski definition) is 7. The second-order valence-electron chi connectivity index (χ2n) is 4.07. The number of nitrogens with two attached hydrogens (primary N) is 1. The van der Waals surface area contributed by atoms with Gasteiger partial charge < -0.3 is 15.2 Å². The molecule has 1 unspecified atom stereocenters. The molecule has 0 aliphatic rings. The first-order valence-electron chi connectivity index (χ1n) is 6.27. The van der Waals surface area contributed by atoms with Crippen LogP contribution in [0.1, 0.15) is 11.3 Å². The molecule has 25 heavy (non-hydrogen) atoms. The number of amides is 1. The molecule has 12 heteroatoms. The summed E-state index contributed by atoms with van der Waals surface area (Å²) in [5.74, 6) is 4.78. The Balaban J connectivity index is 2.18. The quantitative estimate of drug-likeness (QED) is 0.754. The minimum atomic E-state index is -3.32. The van der Waals surface area contributed by atoms with Crippen molar-refractivity contribution >= 4 is 22.0 Å². The molecule has 0 spiro atoms. The van der Waals surface area contributed by atoms with Gasteiger partial charge in [-0.05, 0) is 21.9 Å². The third kappa shape index (κ3) is 5.28. The number of carbonyl (C=O) groups is 1. The zero-order valence-corrected chi connectivity index (χ0v) is 13.6. The third-order valence-electron chi connectivity index (χ3n) is 2.33. The van der Waals surface area contributed by atoms with Gasteiger partial charge in [0.15, 0.2) is 0 Å². The predicted molar refractivity (Wildman–Crippen MR) is 79.5 cm³/mol. The molecule has 2 aromatic rings. The van der Waals surface area contributed by atoms with Crippen LogP contribution in [0.5, 0.6) is 11.9 Å². The SMILES string of the molecule is NC(=O)Oc1ncc(C#Cc2ncnc(OC(F)C(F)F)c2Br)cn1. The van der Waals surface area contributed by atoms with E-state index in [2.05, 4.69) is 57.2 Å². The van der Waals surface area contributed by atoms with Crippen molar-refractivity contribution in [3.05, 3.63) is 34.5 Å². The van der Waals surface area contributed by atoms with Crippen molar-refractivity contribution in [3.8, 4) is 23.7 Å². The second kappa shape index (κ2) is 8.25. The minimum absolute atomic E-state index is 0.000371. The maximum Gasteiger partial charge on any atom is 0.412 e. The van der Waals surface area contributed by atoms with Crippen LogP contribution in [0.4, 0.5) is 18.0 Å². The van der Waals surface area contributed by atoms with Crippen molar-refractivity contribution in [3.63, 3.8) is 0 Å². The average molecular weight is 418 g/mol. The summed E-state index contributed by atoms with van der Waals surface area (Å²) < 4.78 is 46.2. The van der Waals surface area contributed by atoms with E-state index in [-0.39, 0.29) is 16.2 Å². The Morgan fingerprint density at radius 3 is 2.44 bits per heavy atom. The number of ether oxygens (including phenoxy) is 2. The maximum absolute atomic E-state index is 13.0. The van der Waals surface area contributed by atoms with Crippen molar-refractivity contribution in [1.29, 1.82) is 0 Å². The predicted octanol–water partition coefficient (Wildman–Crippen LogP) is 1.83. The van der Waals surface area contributed by atoms with Gasteiger partial charge in [0.2, 0.25) is 5.88 Å². The van der Waals surface area contributed by atoms with Crippen molar-refractivity contribution in [1.82, 2.24) is 19.9 Å². The van der Waals surface area contributed by atoms with Gasteiger partial charge >= 0.3 is 18.5 Å². The lowest BCUT2D eigenvalue weighted by molar-refractivity contribution is -0.0695. The zero-order chi connectivity index (χ0) is 18.4. The molecule has 0 radical (unpaired) electrons. The van der Waals surface area contributed by atoms with Crippen LogP contribution in [0, 0.1) is 11.8 Å². The highest BCUT2D eigenvalue weighted by Gasteiger charge is 2.23. The fourth-order valence-corrected chi connectivity index (χ4v) is 1.73. The number of rotatable bonds is 4. The van der Waals surface area contributed by atoms with E-state index in [0.29, 0.717) is 5.56 Å². The Morgan fingerprint density at radius 2 is 1.84 bits per heavy atom. The van der Waals surface area contributed by atoms with Gasteiger partial charge in [0, 0.05) is 12.4 Å². The van der Waals surface area contributed by atoms with Crippen LogP contribution in [0.15, 0.2) is 23.2 Å². The lowest BCUT2D eigenvalue weighted by Gasteiger charge is -2.10. The molecule has 2 rings (SSSR count). The van der Waals surface area contributed by atoms with E-state index in [1.54, 1.807) is 0 Å². The molecule has 2 aromatic heterocycles. The summed E-state index contributed by atoms with van der Waals surface area (Å²) in [5.41, 5.74) is 5.19. The smallest absolute Gasteiger partial charge is 0.412 e. The highest BCUT2D eigenvalue weighted by Crippen LogP contribution is 2.26. The van der Waals surface area contributed by atoms with E-state index < -0.39 is 24.8 Å². The largest absolute Gasteiger partial charge is 0.436 e. The van der Waals surface area contributed by atoms with E-state index in [1.807, 2.05) is 0 Å². The van der Waals surface area contributed by atoms with Crippen LogP contribution >= 0.6 is 15.9 Å². The van der Waals surface area contributed by atoms with Crippen LogP contribution in [0.3, 0.4) is 0 Å². The van der Waals surface area contributed by atoms with Crippen molar-refractivity contribution in [2.75, 3.05) is 0 Å². The van der Waals surface area contributed by atoms with Gasteiger partial charge in [-0.1, -0.05) is 5.92 Å². The molecule has 2 N–H and O–H groups in total. The molecule has 0 aliphatic carbocycles. The molecule has 8 nitrogen and oxygen atoms in total. The molecule has 1 atom stereocenters. The van der Waals surface area contributed by atoms with Gasteiger partial charge in [-0.2, -0.15) is 4.39 Å². The Kier molecular flexibility index (Phi) is 6.07. The molecular formula is C13H7BrF3N5O3. The lowest BCUT2D eigenvalue weighted by Crippen LogP contribution is -2.20. The van der Waals surface area contributed by atoms with Gasteiger partial charge in [-0.3, -0.25) is 0 Å². The number of aromatic nitrogens is 4. The van der Waals surface area contributed by atoms with E-state index in [1.165, 1.54) is 12.4 Å². The number of primary amides is 1. The van der Waals surface area contributed by atoms with Crippen molar-refractivity contribution < 1.29 is 27.4 Å². The number of halogens is 4. The molecule has 2 heterocycles. The fourth-order valence-electron chi connectivity index (χ4n) is 1.34. The number of hydrogen-bond donors (Lipinski definition) is 1. The van der Waals surface area contributed by atoms with E-state index >= 15 is 0 Å². The van der Waals surface area contributed by atoms with Gasteiger partial charge in [0.25, 0.3) is 6.36 Å². The Labute approximate surface area is 146 Å². The number of alkyl halides is 3. The molecule has 0 aliphatic heterocycles. The van der Waals surface area contributed by atoms with Crippen LogP contribution in [0.25, 0.3) is 0 Å². The molecule has 130 valence electrons. The highest BCUT2D eigenvalue weighted by atomic mass is 79.9. The van der Waals surface area contributed by atoms with Crippen molar-refractivity contribution in [2.24, 2.45) is 5.73 Å². The first-order valence-corrected chi connectivity index (χ1v) is 7.07. The Morgan fingerprint density at radius 1 is 1.16 bits per heavy atom. The molecule has 0 saturated heterocycles. The van der Waals surface area contributed by atoms with Crippen LogP contribution in [0.2, 0.25) is 0 Å². The van der Waals surface area contributed by atoms with Crippen LogP contribution < -0.4 is 15.2 Å². The lowest BCUT2D eigenvalue weighted by atomic mass is 10.3. The molecule has 0 aromatic carbocycles. The molecule has 0 bridgehead atoms. The molecular weight excluding hydrogens is 411 g/mol. The second-order valence-corrected chi connectivity index (χ2v) is 4.86. The minimum Gasteiger partial charge on any atom is -0.436 e. The summed E-state index contributed by atoms with van der Waals surface area (Å²) in [6.07, 6.45) is -3.75. The van der Waals surface area contributed by atoms with E-state index in [0.717, 1.165) is 6.33 Å². The van der Waals surface area contributed by atoms with Gasteiger partial charge in [-0.15, -0.1) is 0 Å². The number of nitrogens with zero attached hydrogens (tertiary/aromatic N) is 4. The average Bonchev–Trinajstić information content (AvgIpc) is 2.56. The normalized spacial score (nSPS) is 11.4. The van der Waals surface area contributed by atoms with Gasteiger partial charge in [0.1, 0.15) is 16.5 Å². The molecule has 0 saturated carbocycles. The fraction of sp³-hybridized carbons (Fsp3) is 0.154. The summed E-state index contributed by atoms with van der Waals surface area (Å²) in [6, 6.07) is -0.252. The summed E-state index contributed by atoms with van der Waals surface area (Å²) in [4.78, 5) is 25.3. The summed E-state index contributed by atoms with van der Waals surface area (Å²) in [7, 11) is 0. The first kappa shape index (κ1) is 18.4. The van der Waals surface area contributed by atoms with E-state index in [9.17, 15) is 18.0 Å². The standard InChI is InChI=1S/C13H7BrF3N5O3/c14-8-7(21-5-22-11(8)24-10(17)9(15)16)2-1-6-3-19-13(20-4-6)25-12(18)23/h3-5,9-10H,(H2,18,23). The topological polar surface area (TPSA) is 113 Å². The summed E-state index contributed by atoms with van der Waals surface area (Å²) in [6.45, 7) is 0. The Hall–Kier alpha value is -2.94.